The van der Waals surface area contributed by atoms with Crippen molar-refractivity contribution in [1.29, 1.82) is 0 Å². The van der Waals surface area contributed by atoms with E-state index in [0.29, 0.717) is 19.0 Å². The predicted octanol–water partition coefficient (Wildman–Crippen LogP) is 3.10. The molecule has 0 spiro atoms. The highest BCUT2D eigenvalue weighted by molar-refractivity contribution is 5.86. The first-order valence-corrected chi connectivity index (χ1v) is 10.6. The summed E-state index contributed by atoms with van der Waals surface area (Å²) in [7, 11) is 0. The average Bonchev–Trinajstić information content (AvgIpc) is 3.39. The molecule has 0 unspecified atom stereocenters. The molecule has 2 N–H and O–H groups in total. The maximum atomic E-state index is 12.8. The summed E-state index contributed by atoms with van der Waals surface area (Å²) in [6.07, 6.45) is 10.5. The summed E-state index contributed by atoms with van der Waals surface area (Å²) >= 11 is 0. The van der Waals surface area contributed by atoms with Crippen molar-refractivity contribution in [2.24, 2.45) is 0 Å². The maximum absolute atomic E-state index is 12.8. The second kappa shape index (κ2) is 10.8. The van der Waals surface area contributed by atoms with Gasteiger partial charge in [0.05, 0.1) is 24.7 Å². The van der Waals surface area contributed by atoms with Crippen molar-refractivity contribution < 1.29 is 19.1 Å². The number of hydrogen-bond donors (Lipinski definition) is 2. The van der Waals surface area contributed by atoms with Gasteiger partial charge in [-0.1, -0.05) is 54.6 Å². The van der Waals surface area contributed by atoms with E-state index < -0.39 is 17.7 Å². The van der Waals surface area contributed by atoms with Crippen molar-refractivity contribution in [2.75, 3.05) is 0 Å². The molecule has 32 heavy (non-hydrogen) atoms. The molecule has 8 heteroatoms. The molecule has 170 valence electrons. The lowest BCUT2D eigenvalue weighted by molar-refractivity contribution is -0.123. The minimum absolute atomic E-state index is 0.200. The van der Waals surface area contributed by atoms with E-state index in [1.54, 1.807) is 37.9 Å². The summed E-state index contributed by atoms with van der Waals surface area (Å²) in [4.78, 5) is 29.5. The number of benzene rings is 1. The van der Waals surface area contributed by atoms with E-state index in [0.717, 1.165) is 5.56 Å². The standard InChI is InChI=1S/C24H30N4O4/c1-24(2,3)32-23(30)27-21(22(29)26-19-11-7-8-12-19)13-20-14-28(16-25-20)17-31-15-18-9-5-4-6-10-18/h4-12,14,16,19,21H,13,15,17H2,1-3H3,(H,26,29)(H,27,30)/t21-/m0/s1. The highest BCUT2D eigenvalue weighted by atomic mass is 16.6. The van der Waals surface area contributed by atoms with Gasteiger partial charge in [0.25, 0.3) is 0 Å². The number of imidazole rings is 1. The van der Waals surface area contributed by atoms with Gasteiger partial charge in [-0.3, -0.25) is 4.79 Å². The van der Waals surface area contributed by atoms with Gasteiger partial charge < -0.3 is 24.7 Å². The predicted molar refractivity (Wildman–Crippen MR) is 121 cm³/mol. The Hall–Kier alpha value is -3.39. The number of hydrogen-bond acceptors (Lipinski definition) is 5. The number of amides is 2. The quantitative estimate of drug-likeness (QED) is 0.627. The Balaban J connectivity index is 1.59. The lowest BCUT2D eigenvalue weighted by Crippen LogP contribution is -2.51. The fourth-order valence-corrected chi connectivity index (χ4v) is 3.09. The summed E-state index contributed by atoms with van der Waals surface area (Å²) in [5, 5.41) is 5.55. The van der Waals surface area contributed by atoms with Gasteiger partial charge in [-0.2, -0.15) is 0 Å². The summed E-state index contributed by atoms with van der Waals surface area (Å²) in [6, 6.07) is 8.86. The van der Waals surface area contributed by atoms with Crippen LogP contribution in [-0.4, -0.2) is 39.2 Å². The Kier molecular flexibility index (Phi) is 7.83. The Labute approximate surface area is 188 Å². The first-order chi connectivity index (χ1) is 15.3. The molecule has 1 aromatic heterocycles. The number of allylic oxidation sites excluding steroid dienone is 2. The molecule has 1 atom stereocenters. The van der Waals surface area contributed by atoms with Crippen molar-refractivity contribution in [3.05, 3.63) is 78.4 Å². The van der Waals surface area contributed by atoms with Gasteiger partial charge in [-0.05, 0) is 26.3 Å². The first kappa shape index (κ1) is 23.3. The fraction of sp³-hybridized carbons (Fsp3) is 0.375. The van der Waals surface area contributed by atoms with E-state index in [9.17, 15) is 9.59 Å². The molecule has 0 aliphatic heterocycles. The van der Waals surface area contributed by atoms with Crippen molar-refractivity contribution in [3.63, 3.8) is 0 Å². The highest BCUT2D eigenvalue weighted by Gasteiger charge is 2.26. The Bertz CT molecular complexity index is 948. The summed E-state index contributed by atoms with van der Waals surface area (Å²) in [6.45, 7) is 6.13. The number of aromatic nitrogens is 2. The molecule has 2 aromatic rings. The van der Waals surface area contributed by atoms with Crippen molar-refractivity contribution in [1.82, 2.24) is 20.2 Å². The summed E-state index contributed by atoms with van der Waals surface area (Å²) < 4.78 is 12.8. The minimum Gasteiger partial charge on any atom is -0.444 e. The Morgan fingerprint density at radius 1 is 1.16 bits per heavy atom. The van der Waals surface area contributed by atoms with Crippen LogP contribution < -0.4 is 10.6 Å². The number of rotatable bonds is 9. The first-order valence-electron chi connectivity index (χ1n) is 10.6. The van der Waals surface area contributed by atoms with Crippen LogP contribution in [-0.2, 0) is 34.0 Å². The van der Waals surface area contributed by atoms with Crippen LogP contribution in [0.1, 0.15) is 32.0 Å². The molecule has 1 aliphatic carbocycles. The van der Waals surface area contributed by atoms with E-state index in [2.05, 4.69) is 15.6 Å². The minimum atomic E-state index is -0.833. The molecule has 3 rings (SSSR count). The third-order valence-corrected chi connectivity index (χ3v) is 4.52. The lowest BCUT2D eigenvalue weighted by Gasteiger charge is -2.23. The zero-order valence-electron chi connectivity index (χ0n) is 18.7. The topological polar surface area (TPSA) is 94.5 Å². The molecule has 2 amide bonds. The zero-order chi connectivity index (χ0) is 23.0. The number of alkyl carbamates (subject to hydrolysis) is 1. The fourth-order valence-electron chi connectivity index (χ4n) is 3.09. The normalized spacial score (nSPS) is 14.3. The third-order valence-electron chi connectivity index (χ3n) is 4.52. The molecule has 0 fully saturated rings. The average molecular weight is 439 g/mol. The number of nitrogens with one attached hydrogen (secondary N) is 2. The van der Waals surface area contributed by atoms with Gasteiger partial charge in [0.2, 0.25) is 5.91 Å². The Morgan fingerprint density at radius 2 is 1.88 bits per heavy atom. The lowest BCUT2D eigenvalue weighted by atomic mass is 10.1. The molecule has 1 heterocycles. The van der Waals surface area contributed by atoms with E-state index >= 15 is 0 Å². The summed E-state index contributed by atoms with van der Waals surface area (Å²) in [5.41, 5.74) is 1.07. The second-order valence-corrected chi connectivity index (χ2v) is 8.55. The highest BCUT2D eigenvalue weighted by Crippen LogP contribution is 2.09. The van der Waals surface area contributed by atoms with Crippen LogP contribution >= 0.6 is 0 Å². The number of carbonyl (C=O) groups is 2. The van der Waals surface area contributed by atoms with Gasteiger partial charge in [0, 0.05) is 12.6 Å². The van der Waals surface area contributed by atoms with E-state index in [1.165, 1.54) is 0 Å². The number of carbonyl (C=O) groups excluding carboxylic acids is 2. The van der Waals surface area contributed by atoms with Gasteiger partial charge >= 0.3 is 6.09 Å². The second-order valence-electron chi connectivity index (χ2n) is 8.55. The van der Waals surface area contributed by atoms with Crippen LogP contribution in [0.3, 0.4) is 0 Å². The van der Waals surface area contributed by atoms with Gasteiger partial charge in [-0.15, -0.1) is 0 Å². The van der Waals surface area contributed by atoms with Crippen LogP contribution in [0.2, 0.25) is 0 Å². The van der Waals surface area contributed by atoms with E-state index in [4.69, 9.17) is 9.47 Å². The van der Waals surface area contributed by atoms with Crippen LogP contribution in [0, 0.1) is 0 Å². The van der Waals surface area contributed by atoms with Crippen molar-refractivity contribution in [2.45, 2.75) is 58.2 Å². The molecule has 0 bridgehead atoms. The summed E-state index contributed by atoms with van der Waals surface area (Å²) in [5.74, 6) is -0.313. The van der Waals surface area contributed by atoms with E-state index in [1.807, 2.05) is 54.6 Å². The molecule has 0 radical (unpaired) electrons. The maximum Gasteiger partial charge on any atom is 0.408 e. The van der Waals surface area contributed by atoms with Gasteiger partial charge in [0.15, 0.2) is 0 Å². The van der Waals surface area contributed by atoms with Crippen molar-refractivity contribution in [3.8, 4) is 0 Å². The number of ether oxygens (including phenoxy) is 2. The molecule has 0 saturated heterocycles. The zero-order valence-corrected chi connectivity index (χ0v) is 18.7. The monoisotopic (exact) mass is 438 g/mol. The Morgan fingerprint density at radius 3 is 2.56 bits per heavy atom. The van der Waals surface area contributed by atoms with E-state index in [-0.39, 0.29) is 18.4 Å². The third kappa shape index (κ3) is 7.70. The van der Waals surface area contributed by atoms with Crippen LogP contribution in [0.25, 0.3) is 0 Å². The molecule has 1 aromatic carbocycles. The molecule has 0 saturated carbocycles. The molecular weight excluding hydrogens is 408 g/mol. The molecule has 8 nitrogen and oxygen atoms in total. The van der Waals surface area contributed by atoms with Gasteiger partial charge in [-0.25, -0.2) is 9.78 Å². The molecular formula is C24H30N4O4. The molecule has 1 aliphatic rings. The smallest absolute Gasteiger partial charge is 0.408 e. The van der Waals surface area contributed by atoms with Crippen LogP contribution in [0.5, 0.6) is 0 Å². The van der Waals surface area contributed by atoms with Crippen LogP contribution in [0.4, 0.5) is 4.79 Å². The van der Waals surface area contributed by atoms with Gasteiger partial charge in [0.1, 0.15) is 18.4 Å². The largest absolute Gasteiger partial charge is 0.444 e. The number of nitrogens with zero attached hydrogens (tertiary/aromatic N) is 2. The van der Waals surface area contributed by atoms with Crippen molar-refractivity contribution >= 4 is 12.0 Å². The van der Waals surface area contributed by atoms with Crippen LogP contribution in [0.15, 0.2) is 67.2 Å². The SMILES string of the molecule is CC(C)(C)OC(=O)N[C@@H](Cc1cn(COCc2ccccc2)cn1)C(=O)NC1C=CC=C1.